The molecule has 0 spiro atoms. The minimum absolute atomic E-state index is 0.212. The van der Waals surface area contributed by atoms with Gasteiger partial charge in [0.15, 0.2) is 0 Å². The lowest BCUT2D eigenvalue weighted by atomic mass is 9.86. The number of aliphatic hydroxyl groups is 1. The summed E-state index contributed by atoms with van der Waals surface area (Å²) in [5, 5.41) is 13.5. The molecule has 1 heterocycles. The van der Waals surface area contributed by atoms with Gasteiger partial charge < -0.3 is 10.4 Å². The van der Waals surface area contributed by atoms with Gasteiger partial charge in [0, 0.05) is 31.7 Å². The predicted molar refractivity (Wildman–Crippen MR) is 71.0 cm³/mol. The maximum atomic E-state index is 10.1. The third kappa shape index (κ3) is 3.94. The number of β-amino-alcohol motifs (C(OH)–C–C–N with tert-alkyl or cyclic N) is 1. The van der Waals surface area contributed by atoms with Crippen LogP contribution in [0.1, 0.15) is 40.0 Å². The van der Waals surface area contributed by atoms with E-state index in [1.165, 1.54) is 19.3 Å². The minimum atomic E-state index is -0.212. The van der Waals surface area contributed by atoms with Crippen LogP contribution in [0.25, 0.3) is 0 Å². The van der Waals surface area contributed by atoms with Gasteiger partial charge in [0.25, 0.3) is 0 Å². The van der Waals surface area contributed by atoms with Crippen molar-refractivity contribution >= 4 is 0 Å². The van der Waals surface area contributed by atoms with Crippen molar-refractivity contribution in [2.45, 2.75) is 58.2 Å². The fourth-order valence-corrected chi connectivity index (χ4v) is 3.00. The number of nitrogens with zero attached hydrogens (tertiary/aromatic N) is 1. The molecule has 4 atom stereocenters. The first kappa shape index (κ1) is 13.3. The zero-order valence-corrected chi connectivity index (χ0v) is 11.5. The molecule has 0 aromatic rings. The highest BCUT2D eigenvalue weighted by molar-refractivity contribution is 4.85. The molecule has 1 aliphatic carbocycles. The third-order valence-electron chi connectivity index (χ3n) is 4.38. The van der Waals surface area contributed by atoms with Crippen molar-refractivity contribution in [2.24, 2.45) is 11.8 Å². The number of nitrogens with one attached hydrogen (secondary N) is 1. The van der Waals surface area contributed by atoms with Crippen LogP contribution >= 0.6 is 0 Å². The molecule has 0 aromatic carbocycles. The van der Waals surface area contributed by atoms with Crippen molar-refractivity contribution in [3.05, 3.63) is 0 Å². The molecule has 0 radical (unpaired) electrons. The molecule has 4 unspecified atom stereocenters. The van der Waals surface area contributed by atoms with Crippen LogP contribution in [0.5, 0.6) is 0 Å². The summed E-state index contributed by atoms with van der Waals surface area (Å²) in [5.41, 5.74) is 0. The van der Waals surface area contributed by atoms with E-state index in [4.69, 9.17) is 0 Å². The summed E-state index contributed by atoms with van der Waals surface area (Å²) in [6, 6.07) is 1.31. The quantitative estimate of drug-likeness (QED) is 0.764. The minimum Gasteiger partial charge on any atom is -0.390 e. The number of piperidine rings is 1. The maximum Gasteiger partial charge on any atom is 0.0791 e. The van der Waals surface area contributed by atoms with E-state index in [0.29, 0.717) is 12.1 Å². The summed E-state index contributed by atoms with van der Waals surface area (Å²) in [4.78, 5) is 2.47. The highest BCUT2D eigenvalue weighted by Crippen LogP contribution is 2.26. The Morgan fingerprint density at radius 1 is 1.29 bits per heavy atom. The molecule has 0 aromatic heterocycles. The van der Waals surface area contributed by atoms with Crippen LogP contribution in [0.3, 0.4) is 0 Å². The highest BCUT2D eigenvalue weighted by atomic mass is 16.3. The zero-order valence-electron chi connectivity index (χ0n) is 11.5. The van der Waals surface area contributed by atoms with Gasteiger partial charge in [-0.25, -0.2) is 0 Å². The second-order valence-corrected chi connectivity index (χ2v) is 6.35. The Balaban J connectivity index is 1.74. The van der Waals surface area contributed by atoms with E-state index in [1.807, 2.05) is 0 Å². The van der Waals surface area contributed by atoms with E-state index in [-0.39, 0.29) is 6.10 Å². The van der Waals surface area contributed by atoms with Gasteiger partial charge in [0.05, 0.1) is 6.10 Å². The van der Waals surface area contributed by atoms with Gasteiger partial charge in [-0.1, -0.05) is 13.8 Å². The molecule has 3 nitrogen and oxygen atoms in total. The van der Waals surface area contributed by atoms with E-state index < -0.39 is 0 Å². The summed E-state index contributed by atoms with van der Waals surface area (Å²) >= 11 is 0. The summed E-state index contributed by atoms with van der Waals surface area (Å²) in [5.74, 6) is 1.52. The molecule has 0 amide bonds. The van der Waals surface area contributed by atoms with Crippen LogP contribution in [0.2, 0.25) is 0 Å². The van der Waals surface area contributed by atoms with Crippen molar-refractivity contribution < 1.29 is 5.11 Å². The Morgan fingerprint density at radius 2 is 2.00 bits per heavy atom. The molecule has 2 N–H and O–H groups in total. The normalized spacial score (nSPS) is 37.1. The van der Waals surface area contributed by atoms with Crippen molar-refractivity contribution in [2.75, 3.05) is 19.6 Å². The molecule has 1 saturated heterocycles. The smallest absolute Gasteiger partial charge is 0.0791 e. The average Bonchev–Trinajstić information content (AvgIpc) is 3.06. The third-order valence-corrected chi connectivity index (χ3v) is 4.38. The summed E-state index contributed by atoms with van der Waals surface area (Å²) < 4.78 is 0. The monoisotopic (exact) mass is 240 g/mol. The average molecular weight is 240 g/mol. The van der Waals surface area contributed by atoms with Crippen LogP contribution in [-0.2, 0) is 0 Å². The number of rotatable bonds is 5. The van der Waals surface area contributed by atoms with E-state index in [1.54, 1.807) is 0 Å². The van der Waals surface area contributed by atoms with Crippen molar-refractivity contribution in [3.8, 4) is 0 Å². The topological polar surface area (TPSA) is 35.5 Å². The lowest BCUT2D eigenvalue weighted by Gasteiger charge is -2.42. The first-order chi connectivity index (χ1) is 8.06. The van der Waals surface area contributed by atoms with E-state index >= 15 is 0 Å². The van der Waals surface area contributed by atoms with Gasteiger partial charge in [0.1, 0.15) is 0 Å². The zero-order chi connectivity index (χ0) is 12.4. The van der Waals surface area contributed by atoms with Crippen molar-refractivity contribution in [1.29, 1.82) is 0 Å². The summed E-state index contributed by atoms with van der Waals surface area (Å²) in [6.07, 6.45) is 3.70. The van der Waals surface area contributed by atoms with Crippen LogP contribution in [0.15, 0.2) is 0 Å². The molecule has 100 valence electrons. The SMILES string of the molecule is CC1CC(C)C(C)N(CC(O)CNC2CC2)C1. The van der Waals surface area contributed by atoms with Gasteiger partial charge in [-0.2, -0.15) is 0 Å². The fourth-order valence-electron chi connectivity index (χ4n) is 3.00. The molecule has 1 saturated carbocycles. The van der Waals surface area contributed by atoms with E-state index in [9.17, 15) is 5.11 Å². The Bertz CT molecular complexity index is 242. The van der Waals surface area contributed by atoms with E-state index in [2.05, 4.69) is 31.0 Å². The lowest BCUT2D eigenvalue weighted by molar-refractivity contribution is 0.0322. The second-order valence-electron chi connectivity index (χ2n) is 6.35. The molecule has 0 bridgehead atoms. The number of hydrogen-bond acceptors (Lipinski definition) is 3. The summed E-state index contributed by atoms with van der Waals surface area (Å²) in [6.45, 7) is 9.70. The molecule has 2 fully saturated rings. The Kier molecular flexibility index (Phi) is 4.45. The standard InChI is InChI=1S/C14H28N2O/c1-10-6-11(2)12(3)16(8-10)9-14(17)7-15-13-4-5-13/h10-15,17H,4-9H2,1-3H3. The molecule has 3 heteroatoms. The van der Waals surface area contributed by atoms with Crippen molar-refractivity contribution in [3.63, 3.8) is 0 Å². The van der Waals surface area contributed by atoms with Crippen molar-refractivity contribution in [1.82, 2.24) is 10.2 Å². The van der Waals surface area contributed by atoms with Gasteiger partial charge in [-0.15, -0.1) is 0 Å². The molecule has 1 aliphatic heterocycles. The van der Waals surface area contributed by atoms with Crippen LogP contribution < -0.4 is 5.32 Å². The van der Waals surface area contributed by atoms with Crippen LogP contribution in [-0.4, -0.2) is 47.8 Å². The predicted octanol–water partition coefficient (Wildman–Crippen LogP) is 1.47. The Morgan fingerprint density at radius 3 is 2.65 bits per heavy atom. The molecule has 17 heavy (non-hydrogen) atoms. The van der Waals surface area contributed by atoms with Gasteiger partial charge in [0.2, 0.25) is 0 Å². The first-order valence-electron chi connectivity index (χ1n) is 7.21. The molecule has 2 rings (SSSR count). The maximum absolute atomic E-state index is 10.1. The fraction of sp³-hybridized carbons (Fsp3) is 1.00. The number of likely N-dealkylation sites (tertiary alicyclic amines) is 1. The van der Waals surface area contributed by atoms with Crippen LogP contribution in [0, 0.1) is 11.8 Å². The molecule has 2 aliphatic rings. The highest BCUT2D eigenvalue weighted by Gasteiger charge is 2.30. The molecular weight excluding hydrogens is 212 g/mol. The Labute approximate surface area is 106 Å². The first-order valence-corrected chi connectivity index (χ1v) is 7.21. The lowest BCUT2D eigenvalue weighted by Crippen LogP contribution is -2.50. The summed E-state index contributed by atoms with van der Waals surface area (Å²) in [7, 11) is 0. The van der Waals surface area contributed by atoms with Gasteiger partial charge in [-0.05, 0) is 38.0 Å². The van der Waals surface area contributed by atoms with Crippen LogP contribution in [0.4, 0.5) is 0 Å². The van der Waals surface area contributed by atoms with Gasteiger partial charge >= 0.3 is 0 Å². The number of aliphatic hydroxyl groups excluding tert-OH is 1. The number of hydrogen-bond donors (Lipinski definition) is 2. The second kappa shape index (κ2) is 5.68. The Hall–Kier alpha value is -0.120. The van der Waals surface area contributed by atoms with Gasteiger partial charge in [-0.3, -0.25) is 4.90 Å². The largest absolute Gasteiger partial charge is 0.390 e. The van der Waals surface area contributed by atoms with E-state index in [0.717, 1.165) is 31.5 Å². The molecular formula is C14H28N2O.